The van der Waals surface area contributed by atoms with Crippen LogP contribution in [0.5, 0.6) is 5.75 Å². The minimum atomic E-state index is 0.176. The Labute approximate surface area is 127 Å². The van der Waals surface area contributed by atoms with Gasteiger partial charge >= 0.3 is 0 Å². The van der Waals surface area contributed by atoms with Crippen LogP contribution < -0.4 is 10.1 Å². The van der Waals surface area contributed by atoms with Gasteiger partial charge in [0.2, 0.25) is 0 Å². The van der Waals surface area contributed by atoms with Gasteiger partial charge in [0.1, 0.15) is 5.75 Å². The summed E-state index contributed by atoms with van der Waals surface area (Å²) in [6, 6.07) is 6.62. The summed E-state index contributed by atoms with van der Waals surface area (Å²) in [5.74, 6) is 1.06. The smallest absolute Gasteiger partial charge is 0.127 e. The fourth-order valence-electron chi connectivity index (χ4n) is 2.61. The Balaban J connectivity index is 2.07. The van der Waals surface area contributed by atoms with Crippen LogP contribution >= 0.6 is 0 Å². The van der Waals surface area contributed by atoms with E-state index in [1.54, 1.807) is 7.11 Å². The Kier molecular flexibility index (Phi) is 7.00. The molecule has 1 atom stereocenters. The van der Waals surface area contributed by atoms with Crippen LogP contribution in [0, 0.1) is 0 Å². The van der Waals surface area contributed by atoms with E-state index in [1.165, 1.54) is 11.1 Å². The largest absolute Gasteiger partial charge is 0.493 e. The van der Waals surface area contributed by atoms with Crippen molar-refractivity contribution in [3.63, 3.8) is 0 Å². The van der Waals surface area contributed by atoms with Crippen molar-refractivity contribution in [2.45, 2.75) is 32.2 Å². The third kappa shape index (κ3) is 4.70. The molecule has 0 aliphatic carbocycles. The van der Waals surface area contributed by atoms with Gasteiger partial charge in [0.25, 0.3) is 0 Å². The first-order valence-electron chi connectivity index (χ1n) is 7.91. The molecule has 0 radical (unpaired) electrons. The molecule has 1 unspecified atom stereocenters. The molecule has 4 nitrogen and oxygen atoms in total. The van der Waals surface area contributed by atoms with E-state index in [1.807, 2.05) is 0 Å². The van der Waals surface area contributed by atoms with Crippen molar-refractivity contribution in [3.8, 4) is 5.75 Å². The van der Waals surface area contributed by atoms with Crippen LogP contribution in [0.2, 0.25) is 0 Å². The van der Waals surface area contributed by atoms with Crippen LogP contribution in [-0.4, -0.2) is 40.1 Å². The van der Waals surface area contributed by atoms with Gasteiger partial charge in [0, 0.05) is 12.7 Å². The first kappa shape index (κ1) is 16.3. The van der Waals surface area contributed by atoms with Gasteiger partial charge in [0.15, 0.2) is 0 Å². The molecule has 0 saturated carbocycles. The van der Waals surface area contributed by atoms with E-state index < -0.39 is 0 Å². The highest BCUT2D eigenvalue weighted by molar-refractivity contribution is 5.44. The monoisotopic (exact) mass is 293 g/mol. The molecule has 0 saturated heterocycles. The zero-order valence-corrected chi connectivity index (χ0v) is 13.2. The summed E-state index contributed by atoms with van der Waals surface area (Å²) < 4.78 is 16.7. The van der Waals surface area contributed by atoms with E-state index in [-0.39, 0.29) is 6.04 Å². The number of fused-ring (bicyclic) bond motifs is 1. The molecule has 1 aliphatic heterocycles. The molecule has 1 aliphatic rings. The van der Waals surface area contributed by atoms with Crippen LogP contribution in [0.1, 0.15) is 36.9 Å². The van der Waals surface area contributed by atoms with Crippen LogP contribution in [0.25, 0.3) is 0 Å². The van der Waals surface area contributed by atoms with E-state index in [0.717, 1.165) is 38.2 Å². The minimum absolute atomic E-state index is 0.176. The average Bonchev–Trinajstić information content (AvgIpc) is 2.54. The summed E-state index contributed by atoms with van der Waals surface area (Å²) in [5.41, 5.74) is 2.54. The summed E-state index contributed by atoms with van der Waals surface area (Å²) in [5, 5.41) is 3.57. The topological polar surface area (TPSA) is 39.7 Å². The van der Waals surface area contributed by atoms with Gasteiger partial charge in [-0.25, -0.2) is 0 Å². The van der Waals surface area contributed by atoms with Crippen molar-refractivity contribution in [3.05, 3.63) is 29.3 Å². The molecular weight excluding hydrogens is 266 g/mol. The van der Waals surface area contributed by atoms with Crippen LogP contribution in [-0.2, 0) is 15.9 Å². The standard InChI is InChI=1S/C17H27NO3/c1-3-9-18-16(13-20-12-11-19-2)15-8-4-6-14-7-5-10-21-17(14)15/h4,6,8,16,18H,3,5,7,9-13H2,1-2H3. The van der Waals surface area contributed by atoms with E-state index >= 15 is 0 Å². The van der Waals surface area contributed by atoms with Crippen molar-refractivity contribution < 1.29 is 14.2 Å². The maximum atomic E-state index is 5.92. The summed E-state index contributed by atoms with van der Waals surface area (Å²) in [6.45, 7) is 5.85. The second-order valence-corrected chi connectivity index (χ2v) is 5.36. The maximum absolute atomic E-state index is 5.92. The Hall–Kier alpha value is -1.10. The number of hydrogen-bond donors (Lipinski definition) is 1. The van der Waals surface area contributed by atoms with Gasteiger partial charge in [-0.1, -0.05) is 25.1 Å². The normalized spacial score (nSPS) is 15.3. The predicted octanol–water partition coefficient (Wildman–Crippen LogP) is 2.72. The van der Waals surface area contributed by atoms with E-state index in [2.05, 4.69) is 30.4 Å². The highest BCUT2D eigenvalue weighted by Crippen LogP contribution is 2.33. The van der Waals surface area contributed by atoms with Crippen LogP contribution in [0.4, 0.5) is 0 Å². The summed E-state index contributed by atoms with van der Waals surface area (Å²) in [6.07, 6.45) is 3.31. The van der Waals surface area contributed by atoms with Gasteiger partial charge in [-0.15, -0.1) is 0 Å². The summed E-state index contributed by atoms with van der Waals surface area (Å²) >= 11 is 0. The zero-order chi connectivity index (χ0) is 14.9. The lowest BCUT2D eigenvalue weighted by atomic mass is 9.98. The van der Waals surface area contributed by atoms with Crippen molar-refractivity contribution in [2.24, 2.45) is 0 Å². The number of ether oxygens (including phenoxy) is 3. The number of para-hydroxylation sites is 1. The second-order valence-electron chi connectivity index (χ2n) is 5.36. The Morgan fingerprint density at radius 1 is 1.33 bits per heavy atom. The molecule has 0 fully saturated rings. The molecule has 0 spiro atoms. The van der Waals surface area contributed by atoms with Gasteiger partial charge in [-0.3, -0.25) is 0 Å². The third-order valence-electron chi connectivity index (χ3n) is 3.70. The molecule has 1 heterocycles. The van der Waals surface area contributed by atoms with Crippen molar-refractivity contribution in [2.75, 3.05) is 40.1 Å². The third-order valence-corrected chi connectivity index (χ3v) is 3.70. The first-order valence-corrected chi connectivity index (χ1v) is 7.91. The number of benzene rings is 1. The molecule has 0 bridgehead atoms. The molecule has 2 rings (SSSR count). The van der Waals surface area contributed by atoms with E-state index in [4.69, 9.17) is 14.2 Å². The van der Waals surface area contributed by atoms with Crippen LogP contribution in [0.3, 0.4) is 0 Å². The molecule has 1 N–H and O–H groups in total. The SMILES string of the molecule is CCCNC(COCCOC)c1cccc2c1OCCC2. The number of aryl methyl sites for hydroxylation is 1. The number of methoxy groups -OCH3 is 1. The number of nitrogens with one attached hydrogen (secondary N) is 1. The summed E-state index contributed by atoms with van der Waals surface area (Å²) in [4.78, 5) is 0. The van der Waals surface area contributed by atoms with Crippen molar-refractivity contribution in [1.82, 2.24) is 5.32 Å². The highest BCUT2D eigenvalue weighted by atomic mass is 16.5. The lowest BCUT2D eigenvalue weighted by Crippen LogP contribution is -2.28. The molecule has 4 heteroatoms. The molecule has 1 aromatic carbocycles. The van der Waals surface area contributed by atoms with Gasteiger partial charge in [-0.05, 0) is 31.4 Å². The quantitative estimate of drug-likeness (QED) is 0.711. The predicted molar refractivity (Wildman–Crippen MR) is 84.0 cm³/mol. The fourth-order valence-corrected chi connectivity index (χ4v) is 2.61. The maximum Gasteiger partial charge on any atom is 0.127 e. The first-order chi connectivity index (χ1) is 10.4. The number of rotatable bonds is 9. The molecular formula is C17H27NO3. The second kappa shape index (κ2) is 9.03. The molecule has 21 heavy (non-hydrogen) atoms. The van der Waals surface area contributed by atoms with Gasteiger partial charge < -0.3 is 19.5 Å². The van der Waals surface area contributed by atoms with Gasteiger partial charge in [0.05, 0.1) is 32.5 Å². The molecule has 0 amide bonds. The Bertz CT molecular complexity index is 422. The lowest BCUT2D eigenvalue weighted by Gasteiger charge is -2.26. The summed E-state index contributed by atoms with van der Waals surface area (Å²) in [7, 11) is 1.69. The fraction of sp³-hybridized carbons (Fsp3) is 0.647. The Morgan fingerprint density at radius 2 is 2.24 bits per heavy atom. The molecule has 1 aromatic rings. The number of hydrogen-bond acceptors (Lipinski definition) is 4. The minimum Gasteiger partial charge on any atom is -0.493 e. The van der Waals surface area contributed by atoms with Crippen molar-refractivity contribution >= 4 is 0 Å². The van der Waals surface area contributed by atoms with Gasteiger partial charge in [-0.2, -0.15) is 0 Å². The molecule has 0 aromatic heterocycles. The zero-order valence-electron chi connectivity index (χ0n) is 13.2. The lowest BCUT2D eigenvalue weighted by molar-refractivity contribution is 0.0580. The van der Waals surface area contributed by atoms with E-state index in [9.17, 15) is 0 Å². The Morgan fingerprint density at radius 3 is 3.05 bits per heavy atom. The average molecular weight is 293 g/mol. The van der Waals surface area contributed by atoms with E-state index in [0.29, 0.717) is 19.8 Å². The van der Waals surface area contributed by atoms with Crippen LogP contribution in [0.15, 0.2) is 18.2 Å². The van der Waals surface area contributed by atoms with Crippen molar-refractivity contribution in [1.29, 1.82) is 0 Å². The highest BCUT2D eigenvalue weighted by Gasteiger charge is 2.20. The molecule has 118 valence electrons.